The Labute approximate surface area is 168 Å². The highest BCUT2D eigenvalue weighted by molar-refractivity contribution is 5.83. The fraction of sp³-hybridized carbons (Fsp3) is 0.318. The van der Waals surface area contributed by atoms with Crippen molar-refractivity contribution in [1.82, 2.24) is 14.9 Å². The van der Waals surface area contributed by atoms with E-state index in [1.54, 1.807) is 18.2 Å². The summed E-state index contributed by atoms with van der Waals surface area (Å²) in [6.45, 7) is 4.78. The van der Waals surface area contributed by atoms with Crippen LogP contribution in [0.2, 0.25) is 0 Å². The van der Waals surface area contributed by atoms with E-state index in [-0.39, 0.29) is 11.3 Å². The van der Waals surface area contributed by atoms with E-state index in [1.165, 1.54) is 0 Å². The molecule has 0 radical (unpaired) electrons. The molecule has 7 nitrogen and oxygen atoms in total. The Kier molecular flexibility index (Phi) is 5.45. The fourth-order valence-corrected chi connectivity index (χ4v) is 3.76. The lowest BCUT2D eigenvalue weighted by Crippen LogP contribution is -2.46. The minimum atomic E-state index is -0.211. The lowest BCUT2D eigenvalue weighted by Gasteiger charge is -2.36. The standard InChI is InChI=1S/C22H23N5O2/c23-15-16-6-8-17(9-7-16)27-13-11-26(12-14-27)10-2-5-20-24-21-18(22(29)25-20)3-1-4-19(21)28/h1,3-4,6-9,28H,2,5,10-14H2,(H,24,25,29). The monoisotopic (exact) mass is 389 g/mol. The van der Waals surface area contributed by atoms with E-state index in [9.17, 15) is 9.90 Å². The Morgan fingerprint density at radius 1 is 1.10 bits per heavy atom. The molecule has 3 aromatic rings. The molecular formula is C22H23N5O2. The topological polar surface area (TPSA) is 96.2 Å². The second-order valence-electron chi connectivity index (χ2n) is 7.28. The molecule has 1 saturated heterocycles. The molecular weight excluding hydrogens is 366 g/mol. The maximum absolute atomic E-state index is 12.2. The van der Waals surface area contributed by atoms with Crippen molar-refractivity contribution < 1.29 is 5.11 Å². The number of aryl methyl sites for hydroxylation is 1. The summed E-state index contributed by atoms with van der Waals surface area (Å²) in [5.41, 5.74) is 1.99. The lowest BCUT2D eigenvalue weighted by molar-refractivity contribution is 0.254. The molecule has 2 aromatic carbocycles. The number of hydrogen-bond donors (Lipinski definition) is 2. The molecule has 0 aliphatic carbocycles. The van der Waals surface area contributed by atoms with Gasteiger partial charge in [-0.15, -0.1) is 0 Å². The summed E-state index contributed by atoms with van der Waals surface area (Å²) in [6, 6.07) is 14.7. The van der Waals surface area contributed by atoms with Crippen molar-refractivity contribution >= 4 is 16.6 Å². The number of rotatable bonds is 5. The Hall–Kier alpha value is -3.37. The van der Waals surface area contributed by atoms with Crippen molar-refractivity contribution in [3.63, 3.8) is 0 Å². The van der Waals surface area contributed by atoms with Gasteiger partial charge in [0.1, 0.15) is 17.1 Å². The number of phenols is 1. The summed E-state index contributed by atoms with van der Waals surface area (Å²) in [7, 11) is 0. The second-order valence-corrected chi connectivity index (χ2v) is 7.28. The molecule has 148 valence electrons. The van der Waals surface area contributed by atoms with Gasteiger partial charge in [-0.3, -0.25) is 9.69 Å². The number of phenolic OH excluding ortho intramolecular Hbond substituents is 1. The molecule has 0 atom stereocenters. The molecule has 29 heavy (non-hydrogen) atoms. The molecule has 0 saturated carbocycles. The fourth-order valence-electron chi connectivity index (χ4n) is 3.76. The Bertz CT molecular complexity index is 1090. The van der Waals surface area contributed by atoms with E-state index in [4.69, 9.17) is 5.26 Å². The van der Waals surface area contributed by atoms with E-state index in [1.807, 2.05) is 24.3 Å². The third-order valence-corrected chi connectivity index (χ3v) is 5.39. The third-order valence-electron chi connectivity index (χ3n) is 5.39. The maximum atomic E-state index is 12.2. The van der Waals surface area contributed by atoms with Gasteiger partial charge in [0.15, 0.2) is 0 Å². The SMILES string of the molecule is N#Cc1ccc(N2CCN(CCCc3nc4c(O)cccc4c(=O)[nH]3)CC2)cc1. The van der Waals surface area contributed by atoms with Crippen LogP contribution in [0.5, 0.6) is 5.75 Å². The smallest absolute Gasteiger partial charge is 0.258 e. The maximum Gasteiger partial charge on any atom is 0.258 e. The lowest BCUT2D eigenvalue weighted by atomic mass is 10.2. The predicted molar refractivity (Wildman–Crippen MR) is 112 cm³/mol. The highest BCUT2D eigenvalue weighted by atomic mass is 16.3. The number of hydrogen-bond acceptors (Lipinski definition) is 6. The quantitative estimate of drug-likeness (QED) is 0.695. The summed E-state index contributed by atoms with van der Waals surface area (Å²) in [6.07, 6.45) is 1.55. The summed E-state index contributed by atoms with van der Waals surface area (Å²) in [5, 5.41) is 19.3. The van der Waals surface area contributed by atoms with Gasteiger partial charge in [0.25, 0.3) is 5.56 Å². The normalized spacial score (nSPS) is 14.8. The molecule has 1 aromatic heterocycles. The van der Waals surface area contributed by atoms with Crippen LogP contribution >= 0.6 is 0 Å². The zero-order valence-corrected chi connectivity index (χ0v) is 16.1. The summed E-state index contributed by atoms with van der Waals surface area (Å²) >= 11 is 0. The first-order chi connectivity index (χ1) is 14.1. The zero-order valence-electron chi connectivity index (χ0n) is 16.1. The number of aromatic hydroxyl groups is 1. The number of piperazine rings is 1. The van der Waals surface area contributed by atoms with Crippen molar-refractivity contribution in [2.45, 2.75) is 12.8 Å². The van der Waals surface area contributed by atoms with Crippen LogP contribution in [0.15, 0.2) is 47.3 Å². The Morgan fingerprint density at radius 2 is 1.86 bits per heavy atom. The molecule has 0 unspecified atom stereocenters. The van der Waals surface area contributed by atoms with E-state index >= 15 is 0 Å². The minimum absolute atomic E-state index is 0.0359. The van der Waals surface area contributed by atoms with Gasteiger partial charge in [0.2, 0.25) is 0 Å². The van der Waals surface area contributed by atoms with Crippen molar-refractivity contribution in [2.24, 2.45) is 0 Å². The molecule has 0 spiro atoms. The van der Waals surface area contributed by atoms with Gasteiger partial charge in [-0.1, -0.05) is 6.07 Å². The number of fused-ring (bicyclic) bond motifs is 1. The van der Waals surface area contributed by atoms with Gasteiger partial charge in [-0.05, 0) is 49.4 Å². The highest BCUT2D eigenvalue weighted by Crippen LogP contribution is 2.20. The van der Waals surface area contributed by atoms with Crippen LogP contribution in [-0.4, -0.2) is 52.7 Å². The summed E-state index contributed by atoms with van der Waals surface area (Å²) in [4.78, 5) is 24.2. The molecule has 2 heterocycles. The van der Waals surface area contributed by atoms with Crippen LogP contribution < -0.4 is 10.5 Å². The van der Waals surface area contributed by atoms with Crippen LogP contribution in [0.4, 0.5) is 5.69 Å². The van der Waals surface area contributed by atoms with Gasteiger partial charge in [0.05, 0.1) is 17.0 Å². The van der Waals surface area contributed by atoms with Gasteiger partial charge in [-0.25, -0.2) is 4.98 Å². The number of nitrogens with one attached hydrogen (secondary N) is 1. The minimum Gasteiger partial charge on any atom is -0.506 e. The van der Waals surface area contributed by atoms with E-state index in [0.717, 1.165) is 44.8 Å². The van der Waals surface area contributed by atoms with Gasteiger partial charge < -0.3 is 15.0 Å². The van der Waals surface area contributed by atoms with Crippen LogP contribution in [0.1, 0.15) is 17.8 Å². The summed E-state index contributed by atoms with van der Waals surface area (Å²) in [5.74, 6) is 0.647. The Morgan fingerprint density at radius 3 is 2.59 bits per heavy atom. The number of nitriles is 1. The van der Waals surface area contributed by atoms with Gasteiger partial charge in [-0.2, -0.15) is 5.26 Å². The van der Waals surface area contributed by atoms with Crippen LogP contribution in [0, 0.1) is 11.3 Å². The van der Waals surface area contributed by atoms with Crippen LogP contribution in [-0.2, 0) is 6.42 Å². The largest absolute Gasteiger partial charge is 0.506 e. The molecule has 2 N–H and O–H groups in total. The summed E-state index contributed by atoms with van der Waals surface area (Å²) < 4.78 is 0. The van der Waals surface area contributed by atoms with Gasteiger partial charge in [0, 0.05) is 38.3 Å². The highest BCUT2D eigenvalue weighted by Gasteiger charge is 2.17. The van der Waals surface area contributed by atoms with Gasteiger partial charge >= 0.3 is 0 Å². The average molecular weight is 389 g/mol. The predicted octanol–water partition coefficient (Wildman–Crippen LogP) is 2.26. The molecule has 0 bridgehead atoms. The molecule has 0 amide bonds. The first kappa shape index (κ1) is 19.0. The third kappa shape index (κ3) is 4.23. The second kappa shape index (κ2) is 8.33. The molecule has 1 aliphatic heterocycles. The molecule has 1 fully saturated rings. The number of nitrogens with zero attached hydrogens (tertiary/aromatic N) is 4. The Balaban J connectivity index is 1.30. The van der Waals surface area contributed by atoms with Crippen molar-refractivity contribution in [1.29, 1.82) is 5.26 Å². The number of aromatic nitrogens is 2. The number of benzene rings is 2. The van der Waals surface area contributed by atoms with Crippen molar-refractivity contribution in [3.8, 4) is 11.8 Å². The van der Waals surface area contributed by atoms with Crippen LogP contribution in [0.3, 0.4) is 0 Å². The van der Waals surface area contributed by atoms with E-state index in [2.05, 4.69) is 25.8 Å². The van der Waals surface area contributed by atoms with E-state index in [0.29, 0.717) is 28.7 Å². The zero-order chi connectivity index (χ0) is 20.2. The van der Waals surface area contributed by atoms with Crippen molar-refractivity contribution in [2.75, 3.05) is 37.6 Å². The first-order valence-corrected chi connectivity index (χ1v) is 9.82. The molecule has 4 rings (SSSR count). The number of para-hydroxylation sites is 1. The number of aromatic amines is 1. The molecule has 1 aliphatic rings. The number of H-pyrrole nitrogens is 1. The van der Waals surface area contributed by atoms with Crippen LogP contribution in [0.25, 0.3) is 10.9 Å². The first-order valence-electron chi connectivity index (χ1n) is 9.82. The molecule has 7 heteroatoms. The van der Waals surface area contributed by atoms with E-state index < -0.39 is 0 Å². The average Bonchev–Trinajstić information content (AvgIpc) is 2.75. The van der Waals surface area contributed by atoms with Crippen molar-refractivity contribution in [3.05, 3.63) is 64.2 Å². The number of anilines is 1.